The van der Waals surface area contributed by atoms with E-state index in [1.807, 2.05) is 0 Å². The van der Waals surface area contributed by atoms with Crippen LogP contribution in [0, 0.1) is 0 Å². The number of benzene rings is 1. The second-order valence-corrected chi connectivity index (χ2v) is 4.61. The molecule has 100 valence electrons. The molecule has 0 saturated heterocycles. The number of nitrogens with two attached hydrogens (primary N) is 1. The van der Waals surface area contributed by atoms with Crippen LogP contribution in [-0.4, -0.2) is 18.1 Å². The zero-order valence-corrected chi connectivity index (χ0v) is 11.7. The van der Waals surface area contributed by atoms with E-state index in [1.165, 1.54) is 6.07 Å². The highest BCUT2D eigenvalue weighted by molar-refractivity contribution is 9.10. The number of halogens is 6. The average molecular weight is 366 g/mol. The van der Waals surface area contributed by atoms with Gasteiger partial charge in [-0.15, -0.1) is 24.8 Å². The molecule has 0 radical (unpaired) electrons. The second-order valence-electron chi connectivity index (χ2n) is 3.02. The number of hydrogen-bond acceptors (Lipinski definition) is 2. The predicted molar refractivity (Wildman–Crippen MR) is 67.8 cm³/mol. The average Bonchev–Trinajstić information content (AvgIpc) is 2.20. The molecule has 0 amide bonds. The van der Waals surface area contributed by atoms with Crippen molar-refractivity contribution < 1.29 is 17.9 Å². The minimum atomic E-state index is -4.86. The Labute approximate surface area is 119 Å². The smallest absolute Gasteiger partial charge is 0.403 e. The van der Waals surface area contributed by atoms with Crippen molar-refractivity contribution in [2.24, 2.45) is 10.7 Å². The minimum absolute atomic E-state index is 0.0447. The predicted octanol–water partition coefficient (Wildman–Crippen LogP) is 4.23. The molecule has 9 heteroatoms. The molecule has 3 nitrogen and oxygen atoms in total. The van der Waals surface area contributed by atoms with Crippen molar-refractivity contribution in [3.63, 3.8) is 0 Å². The Balaban J connectivity index is 3.30. The van der Waals surface area contributed by atoms with Crippen molar-refractivity contribution in [3.05, 3.63) is 21.6 Å². The topological polar surface area (TPSA) is 47.6 Å². The Kier molecular flexibility index (Phi) is 5.12. The SMILES string of the molecule is NC(CCl)=Nc1c(Cl)cc(Br)cc1OC(F)(F)F. The lowest BCUT2D eigenvalue weighted by Crippen LogP contribution is -2.18. The number of nitrogens with zero attached hydrogens (tertiary/aromatic N) is 1. The van der Waals surface area contributed by atoms with E-state index in [4.69, 9.17) is 28.9 Å². The van der Waals surface area contributed by atoms with E-state index in [9.17, 15) is 13.2 Å². The molecule has 2 N–H and O–H groups in total. The highest BCUT2D eigenvalue weighted by Crippen LogP contribution is 2.40. The van der Waals surface area contributed by atoms with Crippen LogP contribution in [0.5, 0.6) is 5.75 Å². The molecule has 0 aliphatic carbocycles. The summed E-state index contributed by atoms with van der Waals surface area (Å²) in [4.78, 5) is 3.69. The number of hydrogen-bond donors (Lipinski definition) is 1. The van der Waals surface area contributed by atoms with Gasteiger partial charge in [0, 0.05) is 4.47 Å². The van der Waals surface area contributed by atoms with Crippen LogP contribution < -0.4 is 10.5 Å². The fourth-order valence-electron chi connectivity index (χ4n) is 1.03. The molecule has 18 heavy (non-hydrogen) atoms. The summed E-state index contributed by atoms with van der Waals surface area (Å²) in [6.45, 7) is 0. The highest BCUT2D eigenvalue weighted by Gasteiger charge is 2.32. The molecule has 1 aromatic rings. The van der Waals surface area contributed by atoms with E-state index >= 15 is 0 Å². The molecule has 0 fully saturated rings. The first kappa shape index (κ1) is 15.4. The van der Waals surface area contributed by atoms with E-state index in [1.54, 1.807) is 0 Å². The van der Waals surface area contributed by atoms with Gasteiger partial charge >= 0.3 is 6.36 Å². The third kappa shape index (κ3) is 4.55. The van der Waals surface area contributed by atoms with Gasteiger partial charge in [-0.25, -0.2) is 4.99 Å². The van der Waals surface area contributed by atoms with Gasteiger partial charge in [-0.3, -0.25) is 0 Å². The maximum Gasteiger partial charge on any atom is 0.573 e. The Morgan fingerprint density at radius 1 is 1.44 bits per heavy atom. The number of alkyl halides is 4. The Morgan fingerprint density at radius 2 is 2.06 bits per heavy atom. The van der Waals surface area contributed by atoms with Crippen LogP contribution in [0.3, 0.4) is 0 Å². The molecule has 1 rings (SSSR count). The fraction of sp³-hybridized carbons (Fsp3) is 0.222. The van der Waals surface area contributed by atoms with Gasteiger partial charge in [0.25, 0.3) is 0 Å². The van der Waals surface area contributed by atoms with Gasteiger partial charge in [-0.1, -0.05) is 27.5 Å². The molecular weight excluding hydrogens is 360 g/mol. The Morgan fingerprint density at radius 3 is 2.56 bits per heavy atom. The summed E-state index contributed by atoms with van der Waals surface area (Å²) in [7, 11) is 0. The van der Waals surface area contributed by atoms with E-state index in [0.717, 1.165) is 6.07 Å². The summed E-state index contributed by atoms with van der Waals surface area (Å²) >= 11 is 14.2. The molecule has 0 aromatic heterocycles. The third-order valence-corrected chi connectivity index (χ3v) is 2.63. The number of ether oxygens (including phenoxy) is 1. The van der Waals surface area contributed by atoms with Crippen molar-refractivity contribution in [2.75, 3.05) is 5.88 Å². The summed E-state index contributed by atoms with van der Waals surface area (Å²) in [5, 5.41) is -0.0447. The third-order valence-electron chi connectivity index (χ3n) is 1.61. The van der Waals surface area contributed by atoms with Gasteiger partial charge in [0.05, 0.1) is 10.9 Å². The normalized spacial score (nSPS) is 12.7. The van der Waals surface area contributed by atoms with E-state index in [0.29, 0.717) is 4.47 Å². The van der Waals surface area contributed by atoms with Crippen LogP contribution in [0.4, 0.5) is 18.9 Å². The molecule has 0 bridgehead atoms. The first-order chi connectivity index (χ1) is 8.23. The summed E-state index contributed by atoms with van der Waals surface area (Å²) in [6.07, 6.45) is -4.86. The van der Waals surface area contributed by atoms with Gasteiger partial charge in [-0.05, 0) is 12.1 Å². The zero-order chi connectivity index (χ0) is 13.9. The number of amidine groups is 1. The van der Waals surface area contributed by atoms with Crippen molar-refractivity contribution in [1.82, 2.24) is 0 Å². The molecule has 0 spiro atoms. The van der Waals surface area contributed by atoms with Gasteiger partial charge < -0.3 is 10.5 Å². The molecule has 0 atom stereocenters. The summed E-state index contributed by atoms with van der Waals surface area (Å²) in [5.41, 5.74) is 5.13. The van der Waals surface area contributed by atoms with Crippen molar-refractivity contribution in [2.45, 2.75) is 6.36 Å². The molecule has 0 saturated carbocycles. The quantitative estimate of drug-likeness (QED) is 0.495. The van der Waals surface area contributed by atoms with Crippen molar-refractivity contribution in [3.8, 4) is 5.75 Å². The molecule has 0 aliphatic rings. The lowest BCUT2D eigenvalue weighted by atomic mass is 10.3. The van der Waals surface area contributed by atoms with E-state index in [2.05, 4.69) is 25.7 Å². The molecule has 0 heterocycles. The van der Waals surface area contributed by atoms with Gasteiger partial charge in [-0.2, -0.15) is 0 Å². The van der Waals surface area contributed by atoms with Crippen LogP contribution in [0.15, 0.2) is 21.6 Å². The van der Waals surface area contributed by atoms with Crippen molar-refractivity contribution in [1.29, 1.82) is 0 Å². The molecule has 1 aromatic carbocycles. The zero-order valence-electron chi connectivity index (χ0n) is 8.56. The maximum absolute atomic E-state index is 12.2. The van der Waals surface area contributed by atoms with Gasteiger partial charge in [0.2, 0.25) is 0 Å². The number of rotatable bonds is 3. The maximum atomic E-state index is 12.2. The number of aliphatic imine (C=N–C) groups is 1. The Bertz CT molecular complexity index is 480. The van der Waals surface area contributed by atoms with Crippen LogP contribution in [-0.2, 0) is 0 Å². The highest BCUT2D eigenvalue weighted by atomic mass is 79.9. The molecule has 0 unspecified atom stereocenters. The van der Waals surface area contributed by atoms with Crippen molar-refractivity contribution >= 4 is 50.7 Å². The summed E-state index contributed by atoms with van der Waals surface area (Å²) in [5.74, 6) is -0.777. The lowest BCUT2D eigenvalue weighted by molar-refractivity contribution is -0.274. The van der Waals surface area contributed by atoms with E-state index < -0.39 is 12.1 Å². The first-order valence-corrected chi connectivity index (χ1v) is 6.07. The molecule has 0 aliphatic heterocycles. The summed E-state index contributed by atoms with van der Waals surface area (Å²) < 4.78 is 40.8. The summed E-state index contributed by atoms with van der Waals surface area (Å²) in [6, 6.07) is 2.45. The van der Waals surface area contributed by atoms with Crippen LogP contribution >= 0.6 is 39.1 Å². The standard InChI is InChI=1S/C9H6BrCl2F3N2O/c10-4-1-5(12)8(17-7(16)3-11)6(2-4)18-9(13,14)15/h1-2H,3H2,(H2,16,17). The van der Waals surface area contributed by atoms with Crippen LogP contribution in [0.25, 0.3) is 0 Å². The minimum Gasteiger partial charge on any atom is -0.403 e. The van der Waals surface area contributed by atoms with Gasteiger partial charge in [0.15, 0.2) is 5.75 Å². The molecular formula is C9H6BrCl2F3N2O. The first-order valence-electron chi connectivity index (χ1n) is 4.36. The lowest BCUT2D eigenvalue weighted by Gasteiger charge is -2.12. The second kappa shape index (κ2) is 5.99. The van der Waals surface area contributed by atoms with E-state index in [-0.39, 0.29) is 22.4 Å². The van der Waals surface area contributed by atoms with Gasteiger partial charge in [0.1, 0.15) is 11.5 Å². The van der Waals surface area contributed by atoms with Crippen LogP contribution in [0.2, 0.25) is 5.02 Å². The Hall–Kier alpha value is -0.660. The van der Waals surface area contributed by atoms with Crippen LogP contribution in [0.1, 0.15) is 0 Å². The monoisotopic (exact) mass is 364 g/mol. The largest absolute Gasteiger partial charge is 0.573 e. The fourth-order valence-corrected chi connectivity index (χ4v) is 1.91.